The van der Waals surface area contributed by atoms with Crippen molar-refractivity contribution >= 4 is 27.5 Å². The van der Waals surface area contributed by atoms with Crippen LogP contribution in [-0.2, 0) is 14.8 Å². The Labute approximate surface area is 124 Å². The van der Waals surface area contributed by atoms with Gasteiger partial charge in [-0.25, -0.2) is 8.42 Å². The van der Waals surface area contributed by atoms with E-state index < -0.39 is 15.4 Å². The number of nitrogens with zero attached hydrogens (tertiary/aromatic N) is 2. The molecule has 0 saturated carbocycles. The molecule has 20 heavy (non-hydrogen) atoms. The number of alkyl halides is 1. The van der Waals surface area contributed by atoms with Crippen molar-refractivity contribution in [1.82, 2.24) is 9.21 Å². The van der Waals surface area contributed by atoms with Crippen molar-refractivity contribution in [3.8, 4) is 0 Å². The molecule has 0 aliphatic carbocycles. The van der Waals surface area contributed by atoms with E-state index in [4.69, 9.17) is 11.6 Å². The molecule has 0 bridgehead atoms. The number of halogens is 1. The predicted molar refractivity (Wildman–Crippen MR) is 77.1 cm³/mol. The number of rotatable bonds is 3. The van der Waals surface area contributed by atoms with E-state index in [-0.39, 0.29) is 10.8 Å². The molecule has 1 amide bonds. The van der Waals surface area contributed by atoms with Gasteiger partial charge in [0.15, 0.2) is 0 Å². The largest absolute Gasteiger partial charge is 0.339 e. The van der Waals surface area contributed by atoms with Crippen molar-refractivity contribution in [3.05, 3.63) is 30.3 Å². The van der Waals surface area contributed by atoms with Gasteiger partial charge in [-0.05, 0) is 19.1 Å². The van der Waals surface area contributed by atoms with E-state index in [1.54, 1.807) is 42.2 Å². The number of hydrogen-bond donors (Lipinski definition) is 0. The zero-order valence-electron chi connectivity index (χ0n) is 11.2. The lowest BCUT2D eigenvalue weighted by Gasteiger charge is -2.34. The van der Waals surface area contributed by atoms with Crippen LogP contribution in [0.1, 0.15) is 6.92 Å². The second-order valence-corrected chi connectivity index (χ2v) is 7.25. The maximum Gasteiger partial charge on any atom is 0.243 e. The first kappa shape index (κ1) is 15.3. The molecule has 1 aliphatic rings. The van der Waals surface area contributed by atoms with Crippen LogP contribution in [0.4, 0.5) is 0 Å². The smallest absolute Gasteiger partial charge is 0.243 e. The standard InChI is InChI=1S/C13H17ClN2O3S/c1-11(14)13(17)15-7-9-16(10-8-15)20(18,19)12-5-3-2-4-6-12/h2-6,11H,7-10H2,1H3. The number of carbonyl (C=O) groups excluding carboxylic acids is 1. The fourth-order valence-corrected chi connectivity index (χ4v) is 3.72. The van der Waals surface area contributed by atoms with Crippen molar-refractivity contribution in [2.45, 2.75) is 17.2 Å². The highest BCUT2D eigenvalue weighted by atomic mass is 35.5. The molecule has 1 heterocycles. The third-order valence-electron chi connectivity index (χ3n) is 3.27. The second-order valence-electron chi connectivity index (χ2n) is 4.66. The molecule has 1 saturated heterocycles. The number of carbonyl (C=O) groups is 1. The Bertz CT molecular complexity index is 567. The Morgan fingerprint density at radius 3 is 2.20 bits per heavy atom. The summed E-state index contributed by atoms with van der Waals surface area (Å²) in [6.07, 6.45) is 0. The second kappa shape index (κ2) is 6.11. The van der Waals surface area contributed by atoms with Gasteiger partial charge in [0.25, 0.3) is 0 Å². The zero-order valence-corrected chi connectivity index (χ0v) is 12.8. The molecule has 0 radical (unpaired) electrons. The van der Waals surface area contributed by atoms with E-state index in [2.05, 4.69) is 0 Å². The van der Waals surface area contributed by atoms with Crippen LogP contribution in [0.25, 0.3) is 0 Å². The summed E-state index contributed by atoms with van der Waals surface area (Å²) in [6.45, 7) is 2.97. The van der Waals surface area contributed by atoms with Crippen LogP contribution in [-0.4, -0.2) is 55.1 Å². The average molecular weight is 317 g/mol. The van der Waals surface area contributed by atoms with E-state index in [0.29, 0.717) is 26.2 Å². The molecule has 2 rings (SSSR count). The van der Waals surface area contributed by atoms with E-state index in [0.717, 1.165) is 0 Å². The van der Waals surface area contributed by atoms with Gasteiger partial charge in [0, 0.05) is 26.2 Å². The third kappa shape index (κ3) is 3.13. The van der Waals surface area contributed by atoms with Gasteiger partial charge in [-0.3, -0.25) is 4.79 Å². The summed E-state index contributed by atoms with van der Waals surface area (Å²) < 4.78 is 26.2. The van der Waals surface area contributed by atoms with Gasteiger partial charge in [-0.1, -0.05) is 18.2 Å². The number of piperazine rings is 1. The van der Waals surface area contributed by atoms with Gasteiger partial charge in [-0.15, -0.1) is 11.6 Å². The number of hydrogen-bond acceptors (Lipinski definition) is 3. The van der Waals surface area contributed by atoms with Gasteiger partial charge in [-0.2, -0.15) is 4.31 Å². The van der Waals surface area contributed by atoms with Crippen LogP contribution in [0.15, 0.2) is 35.2 Å². The molecule has 0 spiro atoms. The molecule has 110 valence electrons. The summed E-state index contributed by atoms with van der Waals surface area (Å²) in [4.78, 5) is 13.6. The number of sulfonamides is 1. The highest BCUT2D eigenvalue weighted by Crippen LogP contribution is 2.17. The minimum absolute atomic E-state index is 0.150. The van der Waals surface area contributed by atoms with Gasteiger partial charge in [0.05, 0.1) is 4.90 Å². The van der Waals surface area contributed by atoms with Crippen LogP contribution < -0.4 is 0 Å². The minimum Gasteiger partial charge on any atom is -0.339 e. The van der Waals surface area contributed by atoms with Crippen molar-refractivity contribution in [2.24, 2.45) is 0 Å². The topological polar surface area (TPSA) is 57.7 Å². The molecular weight excluding hydrogens is 300 g/mol. The number of amides is 1. The van der Waals surface area contributed by atoms with Crippen LogP contribution in [0.2, 0.25) is 0 Å². The predicted octanol–water partition coefficient (Wildman–Crippen LogP) is 1.15. The summed E-state index contributed by atoms with van der Waals surface area (Å²) in [5.74, 6) is -0.150. The lowest BCUT2D eigenvalue weighted by atomic mass is 10.3. The van der Waals surface area contributed by atoms with Crippen LogP contribution in [0.3, 0.4) is 0 Å². The molecule has 0 aromatic heterocycles. The Hall–Kier alpha value is -1.11. The van der Waals surface area contributed by atoms with Gasteiger partial charge in [0.2, 0.25) is 15.9 Å². The SMILES string of the molecule is CC(Cl)C(=O)N1CCN(S(=O)(=O)c2ccccc2)CC1. The molecule has 1 atom stereocenters. The molecule has 1 aromatic rings. The summed E-state index contributed by atoms with van der Waals surface area (Å²) in [7, 11) is -3.47. The van der Waals surface area contributed by atoms with Gasteiger partial charge in [0.1, 0.15) is 5.38 Å². The van der Waals surface area contributed by atoms with E-state index >= 15 is 0 Å². The lowest BCUT2D eigenvalue weighted by molar-refractivity contribution is -0.131. The summed E-state index contributed by atoms with van der Waals surface area (Å²) in [5, 5.41) is -0.577. The fraction of sp³-hybridized carbons (Fsp3) is 0.462. The highest BCUT2D eigenvalue weighted by molar-refractivity contribution is 7.89. The molecular formula is C13H17ClN2O3S. The third-order valence-corrected chi connectivity index (χ3v) is 5.37. The van der Waals surface area contributed by atoms with Gasteiger partial charge >= 0.3 is 0 Å². The normalized spacial score (nSPS) is 18.8. The highest BCUT2D eigenvalue weighted by Gasteiger charge is 2.30. The molecule has 5 nitrogen and oxygen atoms in total. The van der Waals surface area contributed by atoms with E-state index in [1.165, 1.54) is 4.31 Å². The summed E-state index contributed by atoms with van der Waals surface area (Å²) in [6, 6.07) is 8.32. The quantitative estimate of drug-likeness (QED) is 0.786. The first-order valence-electron chi connectivity index (χ1n) is 6.41. The lowest BCUT2D eigenvalue weighted by Crippen LogP contribution is -2.51. The van der Waals surface area contributed by atoms with Gasteiger partial charge < -0.3 is 4.90 Å². The monoisotopic (exact) mass is 316 g/mol. The Morgan fingerprint density at radius 2 is 1.70 bits per heavy atom. The molecule has 1 fully saturated rings. The van der Waals surface area contributed by atoms with Crippen LogP contribution in [0.5, 0.6) is 0 Å². The molecule has 0 N–H and O–H groups in total. The maximum atomic E-state index is 12.4. The molecule has 7 heteroatoms. The average Bonchev–Trinajstić information content (AvgIpc) is 2.47. The molecule has 1 aliphatic heterocycles. The zero-order chi connectivity index (χ0) is 14.8. The minimum atomic E-state index is -3.47. The Morgan fingerprint density at radius 1 is 1.15 bits per heavy atom. The van der Waals surface area contributed by atoms with Crippen molar-refractivity contribution in [1.29, 1.82) is 0 Å². The Balaban J connectivity index is 2.06. The summed E-state index contributed by atoms with van der Waals surface area (Å²) in [5.41, 5.74) is 0. The maximum absolute atomic E-state index is 12.4. The van der Waals surface area contributed by atoms with Crippen molar-refractivity contribution in [2.75, 3.05) is 26.2 Å². The Kier molecular flexibility index (Phi) is 4.67. The molecule has 1 aromatic carbocycles. The van der Waals surface area contributed by atoms with E-state index in [1.807, 2.05) is 0 Å². The van der Waals surface area contributed by atoms with E-state index in [9.17, 15) is 13.2 Å². The fourth-order valence-electron chi connectivity index (χ4n) is 2.14. The molecule has 1 unspecified atom stereocenters. The summed E-state index contributed by atoms with van der Waals surface area (Å²) >= 11 is 5.76. The van der Waals surface area contributed by atoms with Crippen LogP contribution >= 0.6 is 11.6 Å². The first-order valence-corrected chi connectivity index (χ1v) is 8.28. The van der Waals surface area contributed by atoms with Crippen LogP contribution in [0, 0.1) is 0 Å². The first-order chi connectivity index (χ1) is 9.43. The number of benzene rings is 1. The van der Waals surface area contributed by atoms with Crippen molar-refractivity contribution in [3.63, 3.8) is 0 Å². The van der Waals surface area contributed by atoms with Crippen molar-refractivity contribution < 1.29 is 13.2 Å².